The molecule has 84 valence electrons. The van der Waals surface area contributed by atoms with Gasteiger partial charge in [-0.3, -0.25) is 0 Å². The Morgan fingerprint density at radius 1 is 1.35 bits per heavy atom. The van der Waals surface area contributed by atoms with E-state index in [4.69, 9.17) is 9.52 Å². The van der Waals surface area contributed by atoms with E-state index >= 15 is 0 Å². The number of furan rings is 1. The monoisotopic (exact) mass is 228 g/mol. The topological polar surface area (TPSA) is 79.1 Å². The number of rotatable bonds is 2. The zero-order valence-corrected chi connectivity index (χ0v) is 8.68. The number of aromatic carboxylic acids is 1. The van der Waals surface area contributed by atoms with Crippen molar-refractivity contribution in [3.8, 4) is 11.6 Å². The van der Waals surface area contributed by atoms with Crippen LogP contribution in [0.3, 0.4) is 0 Å². The van der Waals surface area contributed by atoms with Crippen LogP contribution in [0, 0.1) is 0 Å². The summed E-state index contributed by atoms with van der Waals surface area (Å²) in [5.74, 6) is -0.0999. The highest BCUT2D eigenvalue weighted by atomic mass is 16.4. The fourth-order valence-corrected chi connectivity index (χ4v) is 1.65. The Bertz CT molecular complexity index is 663. The molecule has 0 atom stereocenters. The highest BCUT2D eigenvalue weighted by Crippen LogP contribution is 2.25. The summed E-state index contributed by atoms with van der Waals surface area (Å²) in [4.78, 5) is 17.4. The lowest BCUT2D eigenvalue weighted by Crippen LogP contribution is -1.95. The summed E-state index contributed by atoms with van der Waals surface area (Å²) in [5.41, 5.74) is 0.788. The van der Waals surface area contributed by atoms with Crippen molar-refractivity contribution in [2.24, 2.45) is 0 Å². The van der Waals surface area contributed by atoms with Gasteiger partial charge in [-0.15, -0.1) is 0 Å². The number of aromatic amines is 1. The Morgan fingerprint density at radius 2 is 2.18 bits per heavy atom. The largest absolute Gasteiger partial charge is 0.477 e. The molecule has 0 saturated carbocycles. The average Bonchev–Trinajstić information content (AvgIpc) is 2.95. The van der Waals surface area contributed by atoms with Crippen molar-refractivity contribution in [3.63, 3.8) is 0 Å². The van der Waals surface area contributed by atoms with Gasteiger partial charge in [0.25, 0.3) is 0 Å². The number of aromatic nitrogens is 2. The number of imidazole rings is 1. The van der Waals surface area contributed by atoms with Crippen LogP contribution in [0.1, 0.15) is 10.5 Å². The number of carboxylic acids is 1. The minimum absolute atomic E-state index is 0.0421. The molecule has 0 unspecified atom stereocenters. The first-order valence-electron chi connectivity index (χ1n) is 5.01. The van der Waals surface area contributed by atoms with Crippen molar-refractivity contribution in [2.45, 2.75) is 0 Å². The molecule has 0 aliphatic carbocycles. The Morgan fingerprint density at radius 3 is 2.88 bits per heavy atom. The van der Waals surface area contributed by atoms with Crippen LogP contribution in [0.25, 0.3) is 22.6 Å². The molecular formula is C12H8N2O3. The molecule has 0 radical (unpaired) electrons. The minimum Gasteiger partial charge on any atom is -0.477 e. The number of nitrogens with one attached hydrogen (secondary N) is 1. The van der Waals surface area contributed by atoms with Gasteiger partial charge in [0, 0.05) is 5.39 Å². The molecule has 3 aromatic rings. The molecule has 2 N–H and O–H groups in total. The van der Waals surface area contributed by atoms with E-state index in [1.54, 1.807) is 0 Å². The first-order chi connectivity index (χ1) is 8.24. The molecule has 17 heavy (non-hydrogen) atoms. The van der Waals surface area contributed by atoms with E-state index in [2.05, 4.69) is 9.97 Å². The Labute approximate surface area is 95.7 Å². The smallest absolute Gasteiger partial charge is 0.353 e. The van der Waals surface area contributed by atoms with Crippen molar-refractivity contribution >= 4 is 16.9 Å². The van der Waals surface area contributed by atoms with Crippen molar-refractivity contribution in [2.75, 3.05) is 0 Å². The molecule has 2 aromatic heterocycles. The Kier molecular flexibility index (Phi) is 1.98. The van der Waals surface area contributed by atoms with Gasteiger partial charge in [-0.1, -0.05) is 18.2 Å². The van der Waals surface area contributed by atoms with Crippen molar-refractivity contribution in [3.05, 3.63) is 42.2 Å². The number of hydrogen-bond acceptors (Lipinski definition) is 3. The molecule has 0 amide bonds. The molecule has 0 spiro atoms. The summed E-state index contributed by atoms with van der Waals surface area (Å²) in [5, 5.41) is 9.74. The van der Waals surface area contributed by atoms with Crippen LogP contribution in [0.15, 0.2) is 40.9 Å². The number of para-hydroxylation sites is 1. The number of hydrogen-bond donors (Lipinski definition) is 2. The van der Waals surface area contributed by atoms with E-state index in [1.807, 2.05) is 30.3 Å². The van der Waals surface area contributed by atoms with Gasteiger partial charge in [0.05, 0.1) is 6.20 Å². The third-order valence-corrected chi connectivity index (χ3v) is 2.47. The fraction of sp³-hybridized carbons (Fsp3) is 0. The molecule has 5 nitrogen and oxygen atoms in total. The number of H-pyrrole nitrogens is 1. The molecule has 0 aliphatic heterocycles. The van der Waals surface area contributed by atoms with Gasteiger partial charge in [0.2, 0.25) is 0 Å². The summed E-state index contributed by atoms with van der Waals surface area (Å²) < 4.78 is 5.56. The lowest BCUT2D eigenvalue weighted by atomic mass is 10.2. The van der Waals surface area contributed by atoms with Crippen LogP contribution < -0.4 is 0 Å². The van der Waals surface area contributed by atoms with Crippen LogP contribution in [0.5, 0.6) is 0 Å². The van der Waals surface area contributed by atoms with Crippen LogP contribution >= 0.6 is 0 Å². The second-order valence-electron chi connectivity index (χ2n) is 3.60. The van der Waals surface area contributed by atoms with E-state index in [9.17, 15) is 4.79 Å². The third-order valence-electron chi connectivity index (χ3n) is 2.47. The van der Waals surface area contributed by atoms with Crippen molar-refractivity contribution in [1.29, 1.82) is 0 Å². The maximum atomic E-state index is 10.7. The predicted molar refractivity (Wildman–Crippen MR) is 60.8 cm³/mol. The van der Waals surface area contributed by atoms with Gasteiger partial charge in [-0.25, -0.2) is 9.78 Å². The van der Waals surface area contributed by atoms with Crippen molar-refractivity contribution in [1.82, 2.24) is 9.97 Å². The van der Waals surface area contributed by atoms with Crippen LogP contribution in [0.2, 0.25) is 0 Å². The molecule has 1 aromatic carbocycles. The first-order valence-corrected chi connectivity index (χ1v) is 5.01. The maximum absolute atomic E-state index is 10.7. The van der Waals surface area contributed by atoms with E-state index in [0.29, 0.717) is 11.6 Å². The second kappa shape index (κ2) is 3.48. The zero-order valence-electron chi connectivity index (χ0n) is 8.68. The Balaban J connectivity index is 2.10. The number of carboxylic acid groups (broad SMARTS) is 1. The SMILES string of the molecule is O=C(O)c1cnc(-c2cc3ccccc3o2)[nH]1. The molecule has 0 saturated heterocycles. The normalized spacial score (nSPS) is 10.8. The number of carbonyl (C=O) groups is 1. The van der Waals surface area contributed by atoms with E-state index in [-0.39, 0.29) is 5.69 Å². The van der Waals surface area contributed by atoms with E-state index < -0.39 is 5.97 Å². The standard InChI is InChI=1S/C12H8N2O3/c15-12(16)8-6-13-11(14-8)10-5-7-3-1-2-4-9(7)17-10/h1-6H,(H,13,14)(H,15,16). The predicted octanol–water partition coefficient (Wildman–Crippen LogP) is 2.52. The lowest BCUT2D eigenvalue weighted by Gasteiger charge is -1.88. The quantitative estimate of drug-likeness (QED) is 0.706. The second-order valence-corrected chi connectivity index (χ2v) is 3.60. The lowest BCUT2D eigenvalue weighted by molar-refractivity contribution is 0.0691. The van der Waals surface area contributed by atoms with Crippen LogP contribution in [0.4, 0.5) is 0 Å². The van der Waals surface area contributed by atoms with E-state index in [0.717, 1.165) is 11.0 Å². The molecule has 0 fully saturated rings. The van der Waals surface area contributed by atoms with Crippen LogP contribution in [-0.4, -0.2) is 21.0 Å². The zero-order chi connectivity index (χ0) is 11.8. The highest BCUT2D eigenvalue weighted by Gasteiger charge is 2.12. The average molecular weight is 228 g/mol. The fourth-order valence-electron chi connectivity index (χ4n) is 1.65. The number of fused-ring (bicyclic) bond motifs is 1. The number of nitrogens with zero attached hydrogens (tertiary/aromatic N) is 1. The molecular weight excluding hydrogens is 220 g/mol. The summed E-state index contributed by atoms with van der Waals surface area (Å²) in [6.45, 7) is 0. The summed E-state index contributed by atoms with van der Waals surface area (Å²) in [6.07, 6.45) is 1.27. The van der Waals surface area contributed by atoms with Gasteiger partial charge in [0.1, 0.15) is 11.3 Å². The molecule has 0 bridgehead atoms. The van der Waals surface area contributed by atoms with Gasteiger partial charge >= 0.3 is 5.97 Å². The summed E-state index contributed by atoms with van der Waals surface area (Å²) in [7, 11) is 0. The van der Waals surface area contributed by atoms with Crippen LogP contribution in [-0.2, 0) is 0 Å². The number of benzene rings is 1. The first kappa shape index (κ1) is 9.65. The molecule has 0 aliphatic rings. The third kappa shape index (κ3) is 1.57. The Hall–Kier alpha value is -2.56. The highest BCUT2D eigenvalue weighted by molar-refractivity contribution is 5.86. The summed E-state index contributed by atoms with van der Waals surface area (Å²) >= 11 is 0. The summed E-state index contributed by atoms with van der Waals surface area (Å²) in [6, 6.07) is 9.37. The minimum atomic E-state index is -1.04. The molecule has 5 heteroatoms. The van der Waals surface area contributed by atoms with Crippen molar-refractivity contribution < 1.29 is 14.3 Å². The van der Waals surface area contributed by atoms with Gasteiger partial charge in [-0.05, 0) is 12.1 Å². The maximum Gasteiger partial charge on any atom is 0.353 e. The molecule has 2 heterocycles. The van der Waals surface area contributed by atoms with Gasteiger partial charge < -0.3 is 14.5 Å². The van der Waals surface area contributed by atoms with E-state index in [1.165, 1.54) is 6.20 Å². The molecule has 3 rings (SSSR count). The van der Waals surface area contributed by atoms with Gasteiger partial charge in [0.15, 0.2) is 11.6 Å². The van der Waals surface area contributed by atoms with Gasteiger partial charge in [-0.2, -0.15) is 0 Å².